The van der Waals surface area contributed by atoms with Crippen LogP contribution in [0.25, 0.3) is 0 Å². The molecule has 98 valence electrons. The third kappa shape index (κ3) is 3.55. The number of hydrogen-bond acceptors (Lipinski definition) is 2. The monoisotopic (exact) mass is 258 g/mol. The van der Waals surface area contributed by atoms with Gasteiger partial charge in [-0.3, -0.25) is 4.79 Å². The highest BCUT2D eigenvalue weighted by molar-refractivity contribution is 5.92. The van der Waals surface area contributed by atoms with Crippen molar-refractivity contribution in [2.24, 2.45) is 0 Å². The maximum atomic E-state index is 13.5. The summed E-state index contributed by atoms with van der Waals surface area (Å²) in [6, 6.07) is 11.8. The molecule has 0 spiro atoms. The van der Waals surface area contributed by atoms with Crippen LogP contribution in [-0.2, 0) is 11.2 Å². The van der Waals surface area contributed by atoms with Crippen molar-refractivity contribution in [3.8, 4) is 0 Å². The Bertz CT molecular complexity index is 594. The van der Waals surface area contributed by atoms with E-state index in [1.165, 1.54) is 12.1 Å². The smallest absolute Gasteiger partial charge is 0.228 e. The van der Waals surface area contributed by atoms with Crippen LogP contribution in [0.4, 0.5) is 15.8 Å². The molecule has 3 N–H and O–H groups in total. The maximum Gasteiger partial charge on any atom is 0.228 e. The molecule has 0 unspecified atom stereocenters. The molecule has 2 aromatic carbocycles. The van der Waals surface area contributed by atoms with E-state index >= 15 is 0 Å². The largest absolute Gasteiger partial charge is 0.399 e. The molecular weight excluding hydrogens is 243 g/mol. The predicted octanol–water partition coefficient (Wildman–Crippen LogP) is 2.90. The Morgan fingerprint density at radius 3 is 2.53 bits per heavy atom. The Morgan fingerprint density at radius 2 is 1.89 bits per heavy atom. The van der Waals surface area contributed by atoms with Crippen LogP contribution in [0.15, 0.2) is 42.5 Å². The molecule has 0 aliphatic carbocycles. The second-order valence-electron chi connectivity index (χ2n) is 4.45. The number of anilines is 2. The standard InChI is InChI=1S/C15H15FN2O/c1-10-2-4-11(5-3-10)8-15(19)18-14-7-6-12(17)9-13(14)16/h2-7,9H,8,17H2,1H3,(H,18,19). The number of nitrogens with one attached hydrogen (secondary N) is 1. The van der Waals surface area contributed by atoms with Crippen LogP contribution in [0.2, 0.25) is 0 Å². The first kappa shape index (κ1) is 13.1. The van der Waals surface area contributed by atoms with E-state index in [0.29, 0.717) is 5.69 Å². The van der Waals surface area contributed by atoms with Crippen molar-refractivity contribution in [1.82, 2.24) is 0 Å². The number of nitrogens with two attached hydrogens (primary N) is 1. The van der Waals surface area contributed by atoms with Crippen molar-refractivity contribution in [3.05, 3.63) is 59.4 Å². The summed E-state index contributed by atoms with van der Waals surface area (Å²) in [5, 5.41) is 2.53. The van der Waals surface area contributed by atoms with Gasteiger partial charge < -0.3 is 11.1 Å². The Hall–Kier alpha value is -2.36. The van der Waals surface area contributed by atoms with Gasteiger partial charge in [0.05, 0.1) is 12.1 Å². The number of carbonyl (C=O) groups is 1. The lowest BCUT2D eigenvalue weighted by Gasteiger charge is -2.07. The molecule has 2 rings (SSSR count). The molecule has 0 radical (unpaired) electrons. The summed E-state index contributed by atoms with van der Waals surface area (Å²) in [4.78, 5) is 11.8. The molecule has 2 aromatic rings. The van der Waals surface area contributed by atoms with E-state index < -0.39 is 5.82 Å². The number of amides is 1. The maximum absolute atomic E-state index is 13.5. The predicted molar refractivity (Wildman–Crippen MR) is 74.3 cm³/mol. The molecular formula is C15H15FN2O. The highest BCUT2D eigenvalue weighted by Crippen LogP contribution is 2.17. The van der Waals surface area contributed by atoms with Gasteiger partial charge in [-0.2, -0.15) is 0 Å². The van der Waals surface area contributed by atoms with Gasteiger partial charge in [0.1, 0.15) is 5.82 Å². The van der Waals surface area contributed by atoms with E-state index in [-0.39, 0.29) is 18.0 Å². The summed E-state index contributed by atoms with van der Waals surface area (Å²) < 4.78 is 13.5. The molecule has 3 nitrogen and oxygen atoms in total. The van der Waals surface area contributed by atoms with Gasteiger partial charge in [0.15, 0.2) is 0 Å². The lowest BCUT2D eigenvalue weighted by molar-refractivity contribution is -0.115. The summed E-state index contributed by atoms with van der Waals surface area (Å²) >= 11 is 0. The summed E-state index contributed by atoms with van der Waals surface area (Å²) in [5.74, 6) is -0.787. The molecule has 0 fully saturated rings. The van der Waals surface area contributed by atoms with Crippen LogP contribution in [0.5, 0.6) is 0 Å². The fraction of sp³-hybridized carbons (Fsp3) is 0.133. The molecule has 0 aliphatic heterocycles. The van der Waals surface area contributed by atoms with Gasteiger partial charge >= 0.3 is 0 Å². The van der Waals surface area contributed by atoms with Crippen LogP contribution < -0.4 is 11.1 Å². The van der Waals surface area contributed by atoms with E-state index in [4.69, 9.17) is 5.73 Å². The second-order valence-corrected chi connectivity index (χ2v) is 4.45. The summed E-state index contributed by atoms with van der Waals surface area (Å²) in [6.45, 7) is 1.98. The van der Waals surface area contributed by atoms with Gasteiger partial charge in [0.25, 0.3) is 0 Å². The zero-order valence-electron chi connectivity index (χ0n) is 10.6. The topological polar surface area (TPSA) is 55.1 Å². The van der Waals surface area contributed by atoms with Crippen molar-refractivity contribution < 1.29 is 9.18 Å². The normalized spacial score (nSPS) is 10.2. The van der Waals surface area contributed by atoms with Gasteiger partial charge in [-0.1, -0.05) is 29.8 Å². The Morgan fingerprint density at radius 1 is 1.21 bits per heavy atom. The number of rotatable bonds is 3. The van der Waals surface area contributed by atoms with Crippen molar-refractivity contribution >= 4 is 17.3 Å². The molecule has 4 heteroatoms. The minimum absolute atomic E-state index is 0.145. The van der Waals surface area contributed by atoms with Crippen molar-refractivity contribution in [1.29, 1.82) is 0 Å². The average Bonchev–Trinajstić information content (AvgIpc) is 2.36. The first-order valence-electron chi connectivity index (χ1n) is 5.95. The molecule has 0 atom stereocenters. The fourth-order valence-electron chi connectivity index (χ4n) is 1.72. The lowest BCUT2D eigenvalue weighted by atomic mass is 10.1. The summed E-state index contributed by atoms with van der Waals surface area (Å²) in [5.41, 5.74) is 7.94. The quantitative estimate of drug-likeness (QED) is 0.832. The SMILES string of the molecule is Cc1ccc(CC(=O)Nc2ccc(N)cc2F)cc1. The van der Waals surface area contributed by atoms with Crippen molar-refractivity contribution in [3.63, 3.8) is 0 Å². The van der Waals surface area contributed by atoms with E-state index in [0.717, 1.165) is 11.1 Å². The summed E-state index contributed by atoms with van der Waals surface area (Å²) in [7, 11) is 0. The van der Waals surface area contributed by atoms with Crippen LogP contribution >= 0.6 is 0 Å². The van der Waals surface area contributed by atoms with Crippen LogP contribution in [0.3, 0.4) is 0 Å². The van der Waals surface area contributed by atoms with E-state index in [1.54, 1.807) is 6.07 Å². The molecule has 0 aromatic heterocycles. The fourth-order valence-corrected chi connectivity index (χ4v) is 1.72. The molecule has 0 saturated carbocycles. The van der Waals surface area contributed by atoms with Gasteiger partial charge in [-0.15, -0.1) is 0 Å². The van der Waals surface area contributed by atoms with Crippen LogP contribution in [-0.4, -0.2) is 5.91 Å². The molecule has 0 saturated heterocycles. The number of hydrogen-bond donors (Lipinski definition) is 2. The number of aryl methyl sites for hydroxylation is 1. The Labute approximate surface area is 111 Å². The Kier molecular flexibility index (Phi) is 3.80. The zero-order chi connectivity index (χ0) is 13.8. The van der Waals surface area contributed by atoms with Crippen LogP contribution in [0, 0.1) is 12.7 Å². The van der Waals surface area contributed by atoms with Gasteiger partial charge in [0, 0.05) is 5.69 Å². The number of carbonyl (C=O) groups excluding carboxylic acids is 1. The average molecular weight is 258 g/mol. The minimum atomic E-state index is -0.530. The molecule has 0 bridgehead atoms. The molecule has 19 heavy (non-hydrogen) atoms. The molecule has 1 amide bonds. The van der Waals surface area contributed by atoms with Gasteiger partial charge in [0.2, 0.25) is 5.91 Å². The van der Waals surface area contributed by atoms with Crippen LogP contribution in [0.1, 0.15) is 11.1 Å². The third-order valence-corrected chi connectivity index (χ3v) is 2.75. The van der Waals surface area contributed by atoms with E-state index in [2.05, 4.69) is 5.32 Å². The number of halogens is 1. The van der Waals surface area contributed by atoms with Gasteiger partial charge in [-0.05, 0) is 30.7 Å². The van der Waals surface area contributed by atoms with E-state index in [9.17, 15) is 9.18 Å². The van der Waals surface area contributed by atoms with E-state index in [1.807, 2.05) is 31.2 Å². The van der Waals surface area contributed by atoms with Crippen molar-refractivity contribution in [2.75, 3.05) is 11.1 Å². The second kappa shape index (κ2) is 5.52. The molecule has 0 heterocycles. The first-order chi connectivity index (χ1) is 9.04. The first-order valence-corrected chi connectivity index (χ1v) is 5.95. The number of benzene rings is 2. The Balaban J connectivity index is 2.03. The third-order valence-electron chi connectivity index (χ3n) is 2.75. The van der Waals surface area contributed by atoms with Crippen molar-refractivity contribution in [2.45, 2.75) is 13.3 Å². The number of nitrogen functional groups attached to an aromatic ring is 1. The lowest BCUT2D eigenvalue weighted by Crippen LogP contribution is -2.15. The highest BCUT2D eigenvalue weighted by atomic mass is 19.1. The molecule has 0 aliphatic rings. The van der Waals surface area contributed by atoms with Gasteiger partial charge in [-0.25, -0.2) is 4.39 Å². The summed E-state index contributed by atoms with van der Waals surface area (Å²) in [6.07, 6.45) is 0.212. The zero-order valence-corrected chi connectivity index (χ0v) is 10.6. The highest BCUT2D eigenvalue weighted by Gasteiger charge is 2.08. The minimum Gasteiger partial charge on any atom is -0.399 e.